The van der Waals surface area contributed by atoms with Crippen LogP contribution in [0.25, 0.3) is 0 Å². The average Bonchev–Trinajstić information content (AvgIpc) is 2.84. The van der Waals surface area contributed by atoms with E-state index in [1.54, 1.807) is 18.0 Å². The van der Waals surface area contributed by atoms with Crippen molar-refractivity contribution in [2.75, 3.05) is 34.4 Å². The highest BCUT2D eigenvalue weighted by Gasteiger charge is 2.27. The molecule has 0 spiro atoms. The second-order valence-corrected chi connectivity index (χ2v) is 4.97. The van der Waals surface area contributed by atoms with Crippen molar-refractivity contribution >= 4 is 0 Å². The lowest BCUT2D eigenvalue weighted by molar-refractivity contribution is -0.0400. The van der Waals surface area contributed by atoms with Crippen molar-refractivity contribution in [3.63, 3.8) is 0 Å². The molecule has 0 amide bonds. The fraction of sp³-hybridized carbons (Fsp3) is 0.786. The zero-order chi connectivity index (χ0) is 15.1. The molecule has 0 radical (unpaired) electrons. The van der Waals surface area contributed by atoms with E-state index in [-0.39, 0.29) is 6.10 Å². The van der Waals surface area contributed by atoms with Crippen LogP contribution in [-0.2, 0) is 11.3 Å². The summed E-state index contributed by atoms with van der Waals surface area (Å²) >= 11 is 0. The number of hydrogen-bond donors (Lipinski definition) is 1. The molecule has 1 N–H and O–H groups in total. The van der Waals surface area contributed by atoms with Gasteiger partial charge in [0.05, 0.1) is 26.0 Å². The van der Waals surface area contributed by atoms with Crippen LogP contribution in [-0.4, -0.2) is 60.2 Å². The molecular formula is C14H27N3O3. The summed E-state index contributed by atoms with van der Waals surface area (Å²) in [5.41, 5.74) is 0.689. The molecule has 0 aliphatic rings. The van der Waals surface area contributed by atoms with E-state index in [0.29, 0.717) is 24.6 Å². The summed E-state index contributed by atoms with van der Waals surface area (Å²) in [4.78, 5) is 2.07. The fourth-order valence-electron chi connectivity index (χ4n) is 2.13. The van der Waals surface area contributed by atoms with Gasteiger partial charge < -0.3 is 19.5 Å². The zero-order valence-electron chi connectivity index (χ0n) is 13.2. The third-order valence-corrected chi connectivity index (χ3v) is 3.24. The van der Waals surface area contributed by atoms with Gasteiger partial charge in [-0.15, -0.1) is 0 Å². The molecule has 1 rings (SSSR count). The Hall–Kier alpha value is -1.11. The number of hydrogen-bond acceptors (Lipinski definition) is 5. The van der Waals surface area contributed by atoms with E-state index < -0.39 is 6.10 Å². The van der Waals surface area contributed by atoms with Crippen LogP contribution in [0.4, 0.5) is 0 Å². The molecule has 116 valence electrons. The Labute approximate surface area is 121 Å². The van der Waals surface area contributed by atoms with Crippen molar-refractivity contribution in [2.24, 2.45) is 0 Å². The molecule has 20 heavy (non-hydrogen) atoms. The summed E-state index contributed by atoms with van der Waals surface area (Å²) in [6.07, 6.45) is 1.40. The Morgan fingerprint density at radius 1 is 1.40 bits per heavy atom. The van der Waals surface area contributed by atoms with Crippen molar-refractivity contribution in [1.82, 2.24) is 14.7 Å². The molecule has 0 bridgehead atoms. The molecule has 0 saturated heterocycles. The van der Waals surface area contributed by atoms with Gasteiger partial charge in [0, 0.05) is 13.2 Å². The lowest BCUT2D eigenvalue weighted by atomic mass is 10.1. The minimum absolute atomic E-state index is 0.247. The first kappa shape index (κ1) is 16.9. The quantitative estimate of drug-likeness (QED) is 0.741. The van der Waals surface area contributed by atoms with Crippen LogP contribution in [0.15, 0.2) is 6.20 Å². The summed E-state index contributed by atoms with van der Waals surface area (Å²) < 4.78 is 12.7. The molecular weight excluding hydrogens is 258 g/mol. The van der Waals surface area contributed by atoms with Crippen LogP contribution >= 0.6 is 0 Å². The second kappa shape index (κ2) is 8.24. The molecule has 1 aromatic rings. The standard InChI is InChI=1S/C14H27N3O3/c1-6-11(20-7-2)14(18)13-12(19-5)10-15-17(13)9-8-16(3)4/h10-11,14,18H,6-9H2,1-5H3. The topological polar surface area (TPSA) is 59.8 Å². The lowest BCUT2D eigenvalue weighted by Crippen LogP contribution is -2.26. The molecule has 0 fully saturated rings. The van der Waals surface area contributed by atoms with Crippen molar-refractivity contribution in [1.29, 1.82) is 0 Å². The third-order valence-electron chi connectivity index (χ3n) is 3.24. The monoisotopic (exact) mass is 285 g/mol. The smallest absolute Gasteiger partial charge is 0.162 e. The van der Waals surface area contributed by atoms with Crippen molar-refractivity contribution in [2.45, 2.75) is 39.0 Å². The minimum Gasteiger partial charge on any atom is -0.493 e. The number of nitrogens with zero attached hydrogens (tertiary/aromatic N) is 3. The zero-order valence-corrected chi connectivity index (χ0v) is 13.2. The van der Waals surface area contributed by atoms with Crippen LogP contribution < -0.4 is 4.74 Å². The Morgan fingerprint density at radius 2 is 2.10 bits per heavy atom. The van der Waals surface area contributed by atoms with E-state index in [4.69, 9.17) is 9.47 Å². The predicted molar refractivity (Wildman–Crippen MR) is 78.0 cm³/mol. The molecule has 0 aliphatic heterocycles. The first-order valence-corrected chi connectivity index (χ1v) is 7.09. The minimum atomic E-state index is -0.737. The van der Waals surface area contributed by atoms with Gasteiger partial charge >= 0.3 is 0 Å². The van der Waals surface area contributed by atoms with Gasteiger partial charge in [0.15, 0.2) is 5.75 Å². The average molecular weight is 285 g/mol. The van der Waals surface area contributed by atoms with E-state index in [1.165, 1.54) is 0 Å². The maximum Gasteiger partial charge on any atom is 0.162 e. The first-order chi connectivity index (χ1) is 9.54. The molecule has 6 heteroatoms. The fourth-order valence-corrected chi connectivity index (χ4v) is 2.13. The summed E-state index contributed by atoms with van der Waals surface area (Å²) in [6.45, 7) is 6.04. The Balaban J connectivity index is 2.96. The van der Waals surface area contributed by atoms with Crippen LogP contribution in [0.2, 0.25) is 0 Å². The summed E-state index contributed by atoms with van der Waals surface area (Å²) in [5, 5.41) is 14.9. The molecule has 2 unspecified atom stereocenters. The Kier molecular flexibility index (Phi) is 6.98. The molecule has 0 saturated carbocycles. The Morgan fingerprint density at radius 3 is 2.60 bits per heavy atom. The normalized spacial score (nSPS) is 14.6. The SMILES string of the molecule is CCOC(CC)C(O)c1c(OC)cnn1CCN(C)C. The van der Waals surface area contributed by atoms with Crippen LogP contribution in [0.3, 0.4) is 0 Å². The number of rotatable bonds is 9. The largest absolute Gasteiger partial charge is 0.493 e. The maximum absolute atomic E-state index is 10.6. The molecule has 0 aliphatic carbocycles. The summed E-state index contributed by atoms with van der Waals surface area (Å²) in [5.74, 6) is 0.606. The number of aliphatic hydroxyl groups excluding tert-OH is 1. The molecule has 1 aromatic heterocycles. The third kappa shape index (κ3) is 4.19. The lowest BCUT2D eigenvalue weighted by Gasteiger charge is -2.23. The van der Waals surface area contributed by atoms with Crippen molar-refractivity contribution < 1.29 is 14.6 Å². The number of methoxy groups -OCH3 is 1. The van der Waals surface area contributed by atoms with Gasteiger partial charge in [0.2, 0.25) is 0 Å². The Bertz CT molecular complexity index is 393. The first-order valence-electron chi connectivity index (χ1n) is 7.09. The van der Waals surface area contributed by atoms with E-state index in [9.17, 15) is 5.11 Å². The van der Waals surface area contributed by atoms with Crippen molar-refractivity contribution in [3.05, 3.63) is 11.9 Å². The summed E-state index contributed by atoms with van der Waals surface area (Å²) in [7, 11) is 5.60. The number of aromatic nitrogens is 2. The highest BCUT2D eigenvalue weighted by molar-refractivity contribution is 5.28. The second-order valence-electron chi connectivity index (χ2n) is 4.97. The maximum atomic E-state index is 10.6. The summed E-state index contributed by atoms with van der Waals surface area (Å²) in [6, 6.07) is 0. The molecule has 1 heterocycles. The van der Waals surface area contributed by atoms with E-state index >= 15 is 0 Å². The van der Waals surface area contributed by atoms with Gasteiger partial charge in [-0.05, 0) is 27.4 Å². The van der Waals surface area contributed by atoms with Gasteiger partial charge in [-0.2, -0.15) is 5.10 Å². The van der Waals surface area contributed by atoms with Gasteiger partial charge in [0.25, 0.3) is 0 Å². The van der Waals surface area contributed by atoms with Gasteiger partial charge in [-0.3, -0.25) is 4.68 Å². The van der Waals surface area contributed by atoms with E-state index in [0.717, 1.165) is 13.0 Å². The highest BCUT2D eigenvalue weighted by Crippen LogP contribution is 2.29. The number of likely N-dealkylation sites (N-methyl/N-ethyl adjacent to an activating group) is 1. The molecule has 2 atom stereocenters. The van der Waals surface area contributed by atoms with Gasteiger partial charge in [0.1, 0.15) is 11.8 Å². The van der Waals surface area contributed by atoms with E-state index in [2.05, 4.69) is 10.00 Å². The van der Waals surface area contributed by atoms with Gasteiger partial charge in [-0.1, -0.05) is 6.92 Å². The van der Waals surface area contributed by atoms with Crippen LogP contribution in [0.5, 0.6) is 5.75 Å². The molecule has 0 aromatic carbocycles. The van der Waals surface area contributed by atoms with Crippen LogP contribution in [0.1, 0.15) is 32.1 Å². The number of ether oxygens (including phenoxy) is 2. The molecule has 6 nitrogen and oxygen atoms in total. The predicted octanol–water partition coefficient (Wildman–Crippen LogP) is 1.30. The van der Waals surface area contributed by atoms with Crippen molar-refractivity contribution in [3.8, 4) is 5.75 Å². The van der Waals surface area contributed by atoms with Gasteiger partial charge in [-0.25, -0.2) is 0 Å². The highest BCUT2D eigenvalue weighted by atomic mass is 16.5. The number of aliphatic hydroxyl groups is 1. The van der Waals surface area contributed by atoms with Crippen LogP contribution in [0, 0.1) is 0 Å². The van der Waals surface area contributed by atoms with E-state index in [1.807, 2.05) is 27.9 Å².